The molecule has 0 aliphatic heterocycles. The summed E-state index contributed by atoms with van der Waals surface area (Å²) >= 11 is 4.55. The quantitative estimate of drug-likeness (QED) is 0.320. The van der Waals surface area contributed by atoms with Crippen LogP contribution in [-0.4, -0.2) is 20.6 Å². The molecule has 8 heavy (non-hydrogen) atoms. The SMILES string of the molecule is NC(=S)[n+]1cnn[nH]1. The maximum Gasteiger partial charge on any atom is 0.282 e. The van der Waals surface area contributed by atoms with E-state index >= 15 is 0 Å². The highest BCUT2D eigenvalue weighted by Gasteiger charge is 1.97. The molecule has 0 aliphatic rings. The fraction of sp³-hybridized carbons (Fsp3) is 0. The van der Waals surface area contributed by atoms with Crippen molar-refractivity contribution in [3.63, 3.8) is 0 Å². The van der Waals surface area contributed by atoms with Crippen LogP contribution in [0, 0.1) is 0 Å². The number of H-pyrrole nitrogens is 1. The van der Waals surface area contributed by atoms with Crippen molar-refractivity contribution in [3.05, 3.63) is 6.33 Å². The smallest absolute Gasteiger partial charge is 0.282 e. The normalized spacial score (nSPS) is 9.00. The molecule has 0 radical (unpaired) electrons. The lowest BCUT2D eigenvalue weighted by Crippen LogP contribution is -2.48. The maximum atomic E-state index is 5.14. The molecule has 0 saturated carbocycles. The van der Waals surface area contributed by atoms with Gasteiger partial charge in [-0.1, -0.05) is 5.21 Å². The van der Waals surface area contributed by atoms with Gasteiger partial charge in [0.1, 0.15) is 5.21 Å². The lowest BCUT2D eigenvalue weighted by atomic mass is 11.1. The summed E-state index contributed by atoms with van der Waals surface area (Å²) in [5, 5.41) is 9.43. The van der Waals surface area contributed by atoms with Crippen LogP contribution in [0.1, 0.15) is 0 Å². The lowest BCUT2D eigenvalue weighted by Gasteiger charge is -1.81. The van der Waals surface area contributed by atoms with Crippen molar-refractivity contribution < 1.29 is 4.68 Å². The van der Waals surface area contributed by atoms with Gasteiger partial charge in [-0.25, -0.2) is 0 Å². The second-order valence-electron chi connectivity index (χ2n) is 1.14. The predicted molar refractivity (Wildman–Crippen MR) is 28.8 cm³/mol. The molecule has 0 atom stereocenters. The number of rotatable bonds is 0. The average Bonchev–Trinajstić information content (AvgIpc) is 2.12. The number of nitrogens with zero attached hydrogens (tertiary/aromatic N) is 3. The molecule has 0 aromatic carbocycles. The van der Waals surface area contributed by atoms with Gasteiger partial charge in [-0.15, -0.1) is 4.68 Å². The number of nitrogens with one attached hydrogen (secondary N) is 1. The largest absolute Gasteiger partial charge is 0.323 e. The zero-order valence-corrected chi connectivity index (χ0v) is 4.72. The van der Waals surface area contributed by atoms with Crippen LogP contribution in [-0.2, 0) is 0 Å². The van der Waals surface area contributed by atoms with Gasteiger partial charge in [0.15, 0.2) is 0 Å². The first-order valence-corrected chi connectivity index (χ1v) is 2.29. The van der Waals surface area contributed by atoms with Crippen LogP contribution in [0.3, 0.4) is 0 Å². The van der Waals surface area contributed by atoms with E-state index in [2.05, 4.69) is 27.7 Å². The Kier molecular flexibility index (Phi) is 1.17. The van der Waals surface area contributed by atoms with Gasteiger partial charge >= 0.3 is 0 Å². The Bertz CT molecular complexity index is 178. The molecule has 5 nitrogen and oxygen atoms in total. The summed E-state index contributed by atoms with van der Waals surface area (Å²) in [6, 6.07) is 0. The van der Waals surface area contributed by atoms with Crippen LogP contribution in [0.5, 0.6) is 0 Å². The molecule has 0 unspecified atom stereocenters. The standard InChI is InChI=1S/C2H3N5S/c3-2(8)7-1-4-5-6-7/h1H,(H2,3,8)/p+1. The molecular formula is C2H4N5S+. The minimum Gasteiger partial charge on any atom is -0.323 e. The zero-order valence-electron chi connectivity index (χ0n) is 3.90. The summed E-state index contributed by atoms with van der Waals surface area (Å²) in [7, 11) is 0. The molecule has 0 spiro atoms. The van der Waals surface area contributed by atoms with E-state index in [1.807, 2.05) is 0 Å². The summed E-state index contributed by atoms with van der Waals surface area (Å²) in [5.74, 6) is 0. The fourth-order valence-electron chi connectivity index (χ4n) is 0.283. The third-order valence-electron chi connectivity index (χ3n) is 0.615. The number of hydrogen-bond donors (Lipinski definition) is 2. The summed E-state index contributed by atoms with van der Waals surface area (Å²) in [4.78, 5) is 0. The Hall–Kier alpha value is -1.04. The highest BCUT2D eigenvalue weighted by Crippen LogP contribution is 1.53. The highest BCUT2D eigenvalue weighted by atomic mass is 32.1. The number of tetrazole rings is 1. The Balaban J connectivity index is 2.93. The molecule has 1 aromatic heterocycles. The molecule has 0 saturated heterocycles. The van der Waals surface area contributed by atoms with Crippen LogP contribution < -0.4 is 10.4 Å². The third-order valence-corrected chi connectivity index (χ3v) is 0.811. The first kappa shape index (κ1) is 5.10. The molecular weight excluding hydrogens is 126 g/mol. The molecule has 1 aromatic rings. The number of aromatic nitrogens is 4. The van der Waals surface area contributed by atoms with E-state index in [1.54, 1.807) is 0 Å². The van der Waals surface area contributed by atoms with E-state index in [9.17, 15) is 0 Å². The van der Waals surface area contributed by atoms with Gasteiger partial charge in [-0.3, -0.25) is 0 Å². The molecule has 0 amide bonds. The van der Waals surface area contributed by atoms with Gasteiger partial charge in [0, 0.05) is 5.10 Å². The van der Waals surface area contributed by atoms with Crippen molar-refractivity contribution in [2.45, 2.75) is 0 Å². The van der Waals surface area contributed by atoms with E-state index < -0.39 is 0 Å². The highest BCUT2D eigenvalue weighted by molar-refractivity contribution is 7.79. The number of hydrogen-bond acceptors (Lipinski definition) is 3. The van der Waals surface area contributed by atoms with E-state index in [-0.39, 0.29) is 5.11 Å². The first-order chi connectivity index (χ1) is 3.80. The Morgan fingerprint density at radius 3 is 2.88 bits per heavy atom. The van der Waals surface area contributed by atoms with Gasteiger partial charge in [0.25, 0.3) is 11.4 Å². The summed E-state index contributed by atoms with van der Waals surface area (Å²) in [6.07, 6.45) is 1.39. The molecule has 3 N–H and O–H groups in total. The Morgan fingerprint density at radius 1 is 1.88 bits per heavy atom. The van der Waals surface area contributed by atoms with Crippen molar-refractivity contribution >= 4 is 17.3 Å². The van der Waals surface area contributed by atoms with Crippen molar-refractivity contribution in [1.82, 2.24) is 15.5 Å². The van der Waals surface area contributed by atoms with Crippen molar-refractivity contribution in [1.29, 1.82) is 0 Å². The molecule has 1 heterocycles. The van der Waals surface area contributed by atoms with Gasteiger partial charge in [-0.2, -0.15) is 0 Å². The van der Waals surface area contributed by atoms with Crippen molar-refractivity contribution in [3.8, 4) is 0 Å². The predicted octanol–water partition coefficient (Wildman–Crippen LogP) is -1.82. The molecule has 6 heteroatoms. The summed E-state index contributed by atoms with van der Waals surface area (Å²) in [5.41, 5.74) is 5.14. The topological polar surface area (TPSA) is 71.5 Å². The van der Waals surface area contributed by atoms with Gasteiger partial charge in [0.05, 0.1) is 0 Å². The van der Waals surface area contributed by atoms with Crippen LogP contribution >= 0.6 is 12.2 Å². The van der Waals surface area contributed by atoms with Crippen LogP contribution in [0.25, 0.3) is 0 Å². The van der Waals surface area contributed by atoms with E-state index in [0.717, 1.165) is 0 Å². The second-order valence-corrected chi connectivity index (χ2v) is 1.56. The van der Waals surface area contributed by atoms with Gasteiger partial charge in [-0.05, 0) is 12.2 Å². The van der Waals surface area contributed by atoms with Crippen molar-refractivity contribution in [2.75, 3.05) is 0 Å². The van der Waals surface area contributed by atoms with Gasteiger partial charge < -0.3 is 5.73 Å². The van der Waals surface area contributed by atoms with E-state index in [4.69, 9.17) is 5.73 Å². The Labute approximate surface area is 50.5 Å². The maximum absolute atomic E-state index is 5.14. The minimum absolute atomic E-state index is 0.204. The fourth-order valence-corrected chi connectivity index (χ4v) is 0.371. The van der Waals surface area contributed by atoms with Crippen LogP contribution in [0.4, 0.5) is 0 Å². The average molecular weight is 130 g/mol. The number of thiocarbonyl (C=S) groups is 1. The zero-order chi connectivity index (χ0) is 5.98. The van der Waals surface area contributed by atoms with E-state index in [1.165, 1.54) is 11.0 Å². The number of aromatic amines is 1. The summed E-state index contributed by atoms with van der Waals surface area (Å²) < 4.78 is 1.33. The summed E-state index contributed by atoms with van der Waals surface area (Å²) in [6.45, 7) is 0. The molecule has 1 rings (SSSR count). The molecule has 42 valence electrons. The molecule has 0 aliphatic carbocycles. The third kappa shape index (κ3) is 0.784. The van der Waals surface area contributed by atoms with Crippen LogP contribution in [0.2, 0.25) is 0 Å². The minimum atomic E-state index is 0.204. The molecule has 0 fully saturated rings. The Morgan fingerprint density at radius 2 is 2.62 bits per heavy atom. The van der Waals surface area contributed by atoms with Crippen LogP contribution in [0.15, 0.2) is 6.33 Å². The lowest BCUT2D eigenvalue weighted by molar-refractivity contribution is -0.620. The second kappa shape index (κ2) is 1.83. The monoisotopic (exact) mass is 130 g/mol. The van der Waals surface area contributed by atoms with Crippen molar-refractivity contribution in [2.24, 2.45) is 5.73 Å². The van der Waals surface area contributed by atoms with Gasteiger partial charge in [0.2, 0.25) is 0 Å². The van der Waals surface area contributed by atoms with E-state index in [0.29, 0.717) is 0 Å². The first-order valence-electron chi connectivity index (χ1n) is 1.88. The number of nitrogens with two attached hydrogens (primary N) is 1. The molecule has 0 bridgehead atoms.